The second kappa shape index (κ2) is 9.31. The lowest BCUT2D eigenvalue weighted by Crippen LogP contribution is -2.36. The zero-order valence-electron chi connectivity index (χ0n) is 16.2. The summed E-state index contributed by atoms with van der Waals surface area (Å²) in [5.74, 6) is 1.01. The highest BCUT2D eigenvalue weighted by molar-refractivity contribution is 5.79. The Kier molecular flexibility index (Phi) is 6.83. The lowest BCUT2D eigenvalue weighted by molar-refractivity contribution is -0.128. The average molecular weight is 361 g/mol. The van der Waals surface area contributed by atoms with Crippen LogP contribution in [0.2, 0.25) is 0 Å². The Hall–Kier alpha value is -1.69. The van der Waals surface area contributed by atoms with Crippen LogP contribution in [-0.4, -0.2) is 42.2 Å². The number of hydrogen-bond acceptors (Lipinski definition) is 5. The Balaban J connectivity index is 1.63. The van der Waals surface area contributed by atoms with Gasteiger partial charge < -0.3 is 15.0 Å². The maximum atomic E-state index is 12.5. The molecule has 0 aromatic carbocycles. The van der Waals surface area contributed by atoms with Gasteiger partial charge in [0, 0.05) is 49.7 Å². The Labute approximate surface area is 156 Å². The molecular weight excluding hydrogens is 328 g/mol. The Morgan fingerprint density at radius 3 is 2.50 bits per heavy atom. The first kappa shape index (κ1) is 19.1. The predicted molar refractivity (Wildman–Crippen MR) is 102 cm³/mol. The summed E-state index contributed by atoms with van der Waals surface area (Å²) < 4.78 is 5.34. The molecule has 1 aromatic heterocycles. The molecule has 1 amide bonds. The van der Waals surface area contributed by atoms with Crippen LogP contribution in [0.1, 0.15) is 69.2 Å². The van der Waals surface area contributed by atoms with Crippen molar-refractivity contribution in [3.05, 3.63) is 17.5 Å². The first-order valence-electron chi connectivity index (χ1n) is 10.1. The number of carbonyl (C=O) groups excluding carboxylic acids is 1. The summed E-state index contributed by atoms with van der Waals surface area (Å²) in [5.41, 5.74) is 1.96. The number of hydrogen-bond donors (Lipinski definition) is 1. The Bertz CT molecular complexity index is 593. The number of ether oxygens (including phenoxy) is 1. The van der Waals surface area contributed by atoms with E-state index in [0.29, 0.717) is 13.2 Å². The maximum absolute atomic E-state index is 12.5. The second-order valence-corrected chi connectivity index (χ2v) is 7.58. The fourth-order valence-electron chi connectivity index (χ4n) is 3.86. The summed E-state index contributed by atoms with van der Waals surface area (Å²) in [6.45, 7) is 7.46. The van der Waals surface area contributed by atoms with E-state index in [0.717, 1.165) is 43.1 Å². The molecule has 2 aliphatic heterocycles. The van der Waals surface area contributed by atoms with Gasteiger partial charge >= 0.3 is 0 Å². The van der Waals surface area contributed by atoms with Gasteiger partial charge in [0.15, 0.2) is 0 Å². The predicted octanol–water partition coefficient (Wildman–Crippen LogP) is 3.16. The monoisotopic (exact) mass is 360 g/mol. The molecule has 0 saturated carbocycles. The molecule has 0 bridgehead atoms. The smallest absolute Gasteiger partial charge is 0.225 e. The molecule has 6 heteroatoms. The molecule has 3 rings (SSSR count). The van der Waals surface area contributed by atoms with Crippen LogP contribution in [0.4, 0.5) is 5.95 Å². The molecule has 0 radical (unpaired) electrons. The van der Waals surface area contributed by atoms with Crippen LogP contribution in [0, 0.1) is 12.8 Å². The van der Waals surface area contributed by atoms with E-state index in [9.17, 15) is 4.79 Å². The number of rotatable bonds is 4. The standard InChI is InChI=1S/C20H32N4O2/c1-15(22-19(25)17-8-12-26-13-9-17)18-14-21-20(23-16(18)2)24-10-6-4-3-5-7-11-24/h14-15,17H,3-13H2,1-2H3,(H,22,25). The molecule has 26 heavy (non-hydrogen) atoms. The number of amides is 1. The van der Waals surface area contributed by atoms with Crippen LogP contribution in [0.15, 0.2) is 6.20 Å². The number of aromatic nitrogens is 2. The van der Waals surface area contributed by atoms with E-state index in [-0.39, 0.29) is 17.9 Å². The van der Waals surface area contributed by atoms with Crippen molar-refractivity contribution in [2.75, 3.05) is 31.2 Å². The molecule has 1 N–H and O–H groups in total. The lowest BCUT2D eigenvalue weighted by Gasteiger charge is -2.26. The molecule has 2 aliphatic rings. The third-order valence-electron chi connectivity index (χ3n) is 5.56. The van der Waals surface area contributed by atoms with Gasteiger partial charge in [0.25, 0.3) is 0 Å². The van der Waals surface area contributed by atoms with Crippen molar-refractivity contribution in [2.24, 2.45) is 5.92 Å². The highest BCUT2D eigenvalue weighted by atomic mass is 16.5. The van der Waals surface area contributed by atoms with Gasteiger partial charge in [0.05, 0.1) is 6.04 Å². The number of carbonyl (C=O) groups is 1. The first-order chi connectivity index (χ1) is 12.6. The van der Waals surface area contributed by atoms with Crippen LogP contribution in [0.3, 0.4) is 0 Å². The summed E-state index contributed by atoms with van der Waals surface area (Å²) in [5, 5.41) is 3.14. The van der Waals surface area contributed by atoms with Gasteiger partial charge in [0.1, 0.15) is 0 Å². The summed E-state index contributed by atoms with van der Waals surface area (Å²) in [4.78, 5) is 24.1. The topological polar surface area (TPSA) is 67.4 Å². The Morgan fingerprint density at radius 1 is 1.19 bits per heavy atom. The van der Waals surface area contributed by atoms with Crippen molar-refractivity contribution in [3.8, 4) is 0 Å². The highest BCUT2D eigenvalue weighted by Crippen LogP contribution is 2.22. The zero-order chi connectivity index (χ0) is 18.4. The van der Waals surface area contributed by atoms with Crippen molar-refractivity contribution in [1.29, 1.82) is 0 Å². The van der Waals surface area contributed by atoms with Gasteiger partial charge in [-0.15, -0.1) is 0 Å². The zero-order valence-corrected chi connectivity index (χ0v) is 16.2. The van der Waals surface area contributed by atoms with E-state index in [1.165, 1.54) is 32.1 Å². The number of anilines is 1. The van der Waals surface area contributed by atoms with Crippen molar-refractivity contribution < 1.29 is 9.53 Å². The minimum atomic E-state index is -0.0771. The van der Waals surface area contributed by atoms with Crippen LogP contribution >= 0.6 is 0 Å². The molecule has 1 unspecified atom stereocenters. The third-order valence-corrected chi connectivity index (χ3v) is 5.56. The molecule has 1 aromatic rings. The van der Waals surface area contributed by atoms with Crippen LogP contribution in [-0.2, 0) is 9.53 Å². The lowest BCUT2D eigenvalue weighted by atomic mass is 9.98. The van der Waals surface area contributed by atoms with Crippen LogP contribution < -0.4 is 10.2 Å². The molecule has 6 nitrogen and oxygen atoms in total. The molecule has 1 atom stereocenters. The van der Waals surface area contributed by atoms with Crippen LogP contribution in [0.25, 0.3) is 0 Å². The number of aryl methyl sites for hydroxylation is 1. The minimum Gasteiger partial charge on any atom is -0.381 e. The van der Waals surface area contributed by atoms with Crippen LogP contribution in [0.5, 0.6) is 0 Å². The second-order valence-electron chi connectivity index (χ2n) is 7.58. The number of nitrogens with one attached hydrogen (secondary N) is 1. The SMILES string of the molecule is Cc1nc(N2CCCCCCC2)ncc1C(C)NC(=O)C1CCOCC1. The van der Waals surface area contributed by atoms with E-state index in [1.54, 1.807) is 0 Å². The summed E-state index contributed by atoms with van der Waals surface area (Å²) in [6, 6.07) is -0.0771. The van der Waals surface area contributed by atoms with Crippen molar-refractivity contribution in [2.45, 2.75) is 64.8 Å². The molecule has 0 aliphatic carbocycles. The first-order valence-corrected chi connectivity index (χ1v) is 10.1. The fraction of sp³-hybridized carbons (Fsp3) is 0.750. The van der Waals surface area contributed by atoms with E-state index in [4.69, 9.17) is 9.72 Å². The van der Waals surface area contributed by atoms with Gasteiger partial charge in [-0.1, -0.05) is 19.3 Å². The van der Waals surface area contributed by atoms with Crippen molar-refractivity contribution in [1.82, 2.24) is 15.3 Å². The van der Waals surface area contributed by atoms with E-state index in [2.05, 4.69) is 15.2 Å². The van der Waals surface area contributed by atoms with Gasteiger partial charge in [-0.05, 0) is 39.5 Å². The van der Waals surface area contributed by atoms with Crippen molar-refractivity contribution in [3.63, 3.8) is 0 Å². The molecular formula is C20H32N4O2. The van der Waals surface area contributed by atoms with Gasteiger partial charge in [-0.3, -0.25) is 4.79 Å². The quantitative estimate of drug-likeness (QED) is 0.893. The third kappa shape index (κ3) is 4.93. The summed E-state index contributed by atoms with van der Waals surface area (Å²) >= 11 is 0. The average Bonchev–Trinajstić information content (AvgIpc) is 2.62. The molecule has 0 spiro atoms. The minimum absolute atomic E-state index is 0.0627. The van der Waals surface area contributed by atoms with Gasteiger partial charge in [-0.25, -0.2) is 9.97 Å². The molecule has 3 heterocycles. The maximum Gasteiger partial charge on any atom is 0.225 e. The molecule has 144 valence electrons. The highest BCUT2D eigenvalue weighted by Gasteiger charge is 2.24. The summed E-state index contributed by atoms with van der Waals surface area (Å²) in [7, 11) is 0. The van der Waals surface area contributed by atoms with Gasteiger partial charge in [0.2, 0.25) is 11.9 Å². The van der Waals surface area contributed by atoms with E-state index >= 15 is 0 Å². The summed E-state index contributed by atoms with van der Waals surface area (Å²) in [6.07, 6.45) is 9.86. The van der Waals surface area contributed by atoms with Crippen molar-refractivity contribution >= 4 is 11.9 Å². The normalized spacial score (nSPS) is 20.9. The Morgan fingerprint density at radius 2 is 1.85 bits per heavy atom. The molecule has 2 fully saturated rings. The van der Waals surface area contributed by atoms with E-state index in [1.807, 2.05) is 20.0 Å². The molecule has 2 saturated heterocycles. The van der Waals surface area contributed by atoms with E-state index < -0.39 is 0 Å². The largest absolute Gasteiger partial charge is 0.381 e. The van der Waals surface area contributed by atoms with Gasteiger partial charge in [-0.2, -0.15) is 0 Å². The number of nitrogens with zero attached hydrogens (tertiary/aromatic N) is 3. The fourth-order valence-corrected chi connectivity index (χ4v) is 3.86.